The summed E-state index contributed by atoms with van der Waals surface area (Å²) < 4.78 is 0.976. The van der Waals surface area contributed by atoms with E-state index in [4.69, 9.17) is 0 Å². The van der Waals surface area contributed by atoms with Gasteiger partial charge in [-0.15, -0.1) is 23.7 Å². The summed E-state index contributed by atoms with van der Waals surface area (Å²) in [6, 6.07) is 3.98. The summed E-state index contributed by atoms with van der Waals surface area (Å²) in [5.41, 5.74) is 0. The molecule has 2 N–H and O–H groups in total. The molecule has 86 valence electrons. The molecule has 15 heavy (non-hydrogen) atoms. The Morgan fingerprint density at radius 2 is 2.27 bits per heavy atom. The van der Waals surface area contributed by atoms with Gasteiger partial charge in [0.25, 0.3) is 5.91 Å². The smallest absolute Gasteiger partial charge is 0.261 e. The summed E-state index contributed by atoms with van der Waals surface area (Å²) in [6.07, 6.45) is 0. The highest BCUT2D eigenvalue weighted by molar-refractivity contribution is 9.11. The lowest BCUT2D eigenvalue weighted by Crippen LogP contribution is -2.36. The quantitative estimate of drug-likeness (QED) is 0.895. The second-order valence-corrected chi connectivity index (χ2v) is 5.47. The van der Waals surface area contributed by atoms with Gasteiger partial charge < -0.3 is 10.6 Å². The van der Waals surface area contributed by atoms with Crippen LogP contribution in [0.25, 0.3) is 0 Å². The molecule has 1 aromatic heterocycles. The predicted molar refractivity (Wildman–Crippen MR) is 70.1 cm³/mol. The summed E-state index contributed by atoms with van der Waals surface area (Å²) in [6.45, 7) is 2.66. The average molecular weight is 314 g/mol. The Balaban J connectivity index is 0.00000196. The SMILES string of the molecule is CNC(C)CNC(=O)c1ccc(Br)s1.Cl. The third-order valence-corrected chi connectivity index (χ3v) is 3.48. The maximum absolute atomic E-state index is 11.5. The van der Waals surface area contributed by atoms with Crippen molar-refractivity contribution < 1.29 is 4.79 Å². The molecule has 0 spiro atoms. The maximum Gasteiger partial charge on any atom is 0.261 e. The van der Waals surface area contributed by atoms with E-state index in [9.17, 15) is 4.79 Å². The maximum atomic E-state index is 11.5. The summed E-state index contributed by atoms with van der Waals surface area (Å²) in [5, 5.41) is 5.91. The minimum absolute atomic E-state index is 0. The van der Waals surface area contributed by atoms with Crippen molar-refractivity contribution in [3.8, 4) is 0 Å². The summed E-state index contributed by atoms with van der Waals surface area (Å²) >= 11 is 4.76. The Morgan fingerprint density at radius 3 is 2.73 bits per heavy atom. The predicted octanol–water partition coefficient (Wildman–Crippen LogP) is 2.27. The fourth-order valence-electron chi connectivity index (χ4n) is 0.871. The first-order chi connectivity index (χ1) is 6.63. The van der Waals surface area contributed by atoms with E-state index in [1.54, 1.807) is 0 Å². The van der Waals surface area contributed by atoms with Crippen molar-refractivity contribution in [1.29, 1.82) is 0 Å². The normalized spacial score (nSPS) is 11.7. The fourth-order valence-corrected chi connectivity index (χ4v) is 2.17. The van der Waals surface area contributed by atoms with Gasteiger partial charge in [0.2, 0.25) is 0 Å². The molecule has 0 fully saturated rings. The molecule has 1 rings (SSSR count). The first kappa shape index (κ1) is 14.9. The number of carbonyl (C=O) groups is 1. The van der Waals surface area contributed by atoms with Crippen molar-refractivity contribution in [2.24, 2.45) is 0 Å². The van der Waals surface area contributed by atoms with Crippen LogP contribution in [0.3, 0.4) is 0 Å². The molecule has 0 radical (unpaired) electrons. The second kappa shape index (κ2) is 7.22. The second-order valence-electron chi connectivity index (χ2n) is 3.00. The number of hydrogen-bond donors (Lipinski definition) is 2. The monoisotopic (exact) mass is 312 g/mol. The lowest BCUT2D eigenvalue weighted by atomic mass is 10.3. The number of hydrogen-bond acceptors (Lipinski definition) is 3. The van der Waals surface area contributed by atoms with Crippen LogP contribution in [0.2, 0.25) is 0 Å². The molecular weight excluding hydrogens is 300 g/mol. The van der Waals surface area contributed by atoms with E-state index in [1.165, 1.54) is 11.3 Å². The lowest BCUT2D eigenvalue weighted by molar-refractivity contribution is 0.0954. The molecule has 1 unspecified atom stereocenters. The molecular formula is C9H14BrClN2OS. The van der Waals surface area contributed by atoms with Crippen molar-refractivity contribution in [3.63, 3.8) is 0 Å². The minimum atomic E-state index is -0.0113. The van der Waals surface area contributed by atoms with Crippen LogP contribution in [0, 0.1) is 0 Å². The van der Waals surface area contributed by atoms with Crippen molar-refractivity contribution in [1.82, 2.24) is 10.6 Å². The van der Waals surface area contributed by atoms with Gasteiger partial charge in [-0.05, 0) is 42.0 Å². The van der Waals surface area contributed by atoms with Gasteiger partial charge in [-0.3, -0.25) is 4.79 Å². The Labute approximate surface area is 108 Å². The van der Waals surface area contributed by atoms with Gasteiger partial charge in [0.1, 0.15) is 0 Å². The van der Waals surface area contributed by atoms with Gasteiger partial charge in [-0.2, -0.15) is 0 Å². The van der Waals surface area contributed by atoms with Crippen LogP contribution < -0.4 is 10.6 Å². The molecule has 1 atom stereocenters. The highest BCUT2D eigenvalue weighted by Gasteiger charge is 2.08. The van der Waals surface area contributed by atoms with Gasteiger partial charge in [-0.25, -0.2) is 0 Å². The molecule has 3 nitrogen and oxygen atoms in total. The molecule has 1 heterocycles. The molecule has 0 aliphatic carbocycles. The van der Waals surface area contributed by atoms with Crippen LogP contribution in [0.15, 0.2) is 15.9 Å². The van der Waals surface area contributed by atoms with E-state index >= 15 is 0 Å². The molecule has 0 aliphatic heterocycles. The third kappa shape index (κ3) is 4.97. The summed E-state index contributed by atoms with van der Waals surface area (Å²) in [4.78, 5) is 12.3. The Hall–Kier alpha value is -0.100. The zero-order valence-electron chi connectivity index (χ0n) is 8.54. The lowest BCUT2D eigenvalue weighted by Gasteiger charge is -2.10. The van der Waals surface area contributed by atoms with Gasteiger partial charge in [0.05, 0.1) is 8.66 Å². The number of likely N-dealkylation sites (N-methyl/N-ethyl adjacent to an activating group) is 1. The number of thiophene rings is 1. The van der Waals surface area contributed by atoms with E-state index in [-0.39, 0.29) is 18.3 Å². The van der Waals surface area contributed by atoms with Crippen molar-refractivity contribution >= 4 is 45.6 Å². The molecule has 1 amide bonds. The fraction of sp³-hybridized carbons (Fsp3) is 0.444. The molecule has 0 bridgehead atoms. The van der Waals surface area contributed by atoms with Gasteiger partial charge in [0.15, 0.2) is 0 Å². The zero-order chi connectivity index (χ0) is 10.6. The molecule has 0 aromatic carbocycles. The largest absolute Gasteiger partial charge is 0.350 e. The van der Waals surface area contributed by atoms with Crippen molar-refractivity contribution in [3.05, 3.63) is 20.8 Å². The van der Waals surface area contributed by atoms with E-state index in [0.717, 1.165) is 8.66 Å². The molecule has 0 saturated carbocycles. The highest BCUT2D eigenvalue weighted by Crippen LogP contribution is 2.21. The van der Waals surface area contributed by atoms with Gasteiger partial charge in [0, 0.05) is 12.6 Å². The molecule has 0 saturated heterocycles. The van der Waals surface area contributed by atoms with Crippen LogP contribution in [0.1, 0.15) is 16.6 Å². The molecule has 1 aromatic rings. The van der Waals surface area contributed by atoms with Crippen LogP contribution in [-0.4, -0.2) is 25.5 Å². The minimum Gasteiger partial charge on any atom is -0.350 e. The number of rotatable bonds is 4. The topological polar surface area (TPSA) is 41.1 Å². The standard InChI is InChI=1S/C9H13BrN2OS.ClH/c1-6(11-2)5-12-9(13)7-3-4-8(10)14-7;/h3-4,6,11H,5H2,1-2H3,(H,12,13);1H. The first-order valence-electron chi connectivity index (χ1n) is 4.34. The summed E-state index contributed by atoms with van der Waals surface area (Å²) in [5.74, 6) is -0.0113. The van der Waals surface area contributed by atoms with Crippen molar-refractivity contribution in [2.45, 2.75) is 13.0 Å². The Bertz CT molecular complexity index is 319. The van der Waals surface area contributed by atoms with Crippen LogP contribution in [0.5, 0.6) is 0 Å². The molecule has 6 heteroatoms. The number of nitrogens with one attached hydrogen (secondary N) is 2. The van der Waals surface area contributed by atoms with E-state index in [2.05, 4.69) is 26.6 Å². The average Bonchev–Trinajstić information content (AvgIpc) is 2.60. The number of carbonyl (C=O) groups excluding carboxylic acids is 1. The Morgan fingerprint density at radius 1 is 1.60 bits per heavy atom. The zero-order valence-corrected chi connectivity index (χ0v) is 11.8. The van der Waals surface area contributed by atoms with Gasteiger partial charge in [-0.1, -0.05) is 0 Å². The number of amides is 1. The van der Waals surface area contributed by atoms with Crippen LogP contribution >= 0.6 is 39.7 Å². The van der Waals surface area contributed by atoms with E-state index in [1.807, 2.05) is 26.1 Å². The summed E-state index contributed by atoms with van der Waals surface area (Å²) in [7, 11) is 1.87. The third-order valence-electron chi connectivity index (χ3n) is 1.86. The van der Waals surface area contributed by atoms with Gasteiger partial charge >= 0.3 is 0 Å². The number of halogens is 2. The van der Waals surface area contributed by atoms with Crippen molar-refractivity contribution in [2.75, 3.05) is 13.6 Å². The molecule has 0 aliphatic rings. The first-order valence-corrected chi connectivity index (χ1v) is 5.95. The highest BCUT2D eigenvalue weighted by atomic mass is 79.9. The van der Waals surface area contributed by atoms with Crippen LogP contribution in [0.4, 0.5) is 0 Å². The van der Waals surface area contributed by atoms with E-state index in [0.29, 0.717) is 12.6 Å². The Kier molecular flexibility index (Phi) is 7.17. The van der Waals surface area contributed by atoms with E-state index < -0.39 is 0 Å². The van der Waals surface area contributed by atoms with Crippen LogP contribution in [-0.2, 0) is 0 Å².